The van der Waals surface area contributed by atoms with Gasteiger partial charge in [0, 0.05) is 25.3 Å². The molecule has 5 nitrogen and oxygen atoms in total. The molecule has 0 atom stereocenters. The molecule has 5 heteroatoms. The van der Waals surface area contributed by atoms with Gasteiger partial charge in [0.25, 0.3) is 0 Å². The third-order valence-electron chi connectivity index (χ3n) is 3.28. The number of nitrogens with one attached hydrogen (secondary N) is 1. The summed E-state index contributed by atoms with van der Waals surface area (Å²) in [4.78, 5) is 23.7. The number of hydrogen-bond acceptors (Lipinski definition) is 3. The molecule has 1 aromatic carbocycles. The molecule has 1 amide bonds. The maximum absolute atomic E-state index is 11.0. The number of amides is 1. The van der Waals surface area contributed by atoms with Crippen molar-refractivity contribution in [3.63, 3.8) is 0 Å². The number of rotatable bonds is 3. The molecule has 1 aliphatic heterocycles. The van der Waals surface area contributed by atoms with E-state index in [1.54, 1.807) is 0 Å². The van der Waals surface area contributed by atoms with Crippen molar-refractivity contribution in [3.8, 4) is 0 Å². The van der Waals surface area contributed by atoms with Crippen molar-refractivity contribution in [2.45, 2.75) is 25.8 Å². The van der Waals surface area contributed by atoms with E-state index in [4.69, 9.17) is 5.11 Å². The zero-order valence-electron chi connectivity index (χ0n) is 10.8. The van der Waals surface area contributed by atoms with Gasteiger partial charge in [-0.1, -0.05) is 12.1 Å². The summed E-state index contributed by atoms with van der Waals surface area (Å²) in [5.41, 5.74) is 2.06. The first-order valence-corrected chi connectivity index (χ1v) is 6.52. The predicted octanol–water partition coefficient (Wildman–Crippen LogP) is 1.38. The van der Waals surface area contributed by atoms with Crippen LogP contribution < -0.4 is 10.2 Å². The first-order chi connectivity index (χ1) is 9.16. The van der Waals surface area contributed by atoms with Gasteiger partial charge in [0.05, 0.1) is 0 Å². The first kappa shape index (κ1) is 13.4. The normalized spacial score (nSPS) is 15.1. The summed E-state index contributed by atoms with van der Waals surface area (Å²) in [6.45, 7) is 2.36. The van der Waals surface area contributed by atoms with Gasteiger partial charge >= 0.3 is 11.9 Å². The second-order valence-corrected chi connectivity index (χ2v) is 4.71. The number of hydrogen-bond donors (Lipinski definition) is 2. The molecule has 0 bridgehead atoms. The van der Waals surface area contributed by atoms with Crippen LogP contribution in [0.1, 0.15) is 24.8 Å². The summed E-state index contributed by atoms with van der Waals surface area (Å²) in [6.07, 6.45) is 3.70. The van der Waals surface area contributed by atoms with Crippen molar-refractivity contribution >= 4 is 17.6 Å². The molecule has 0 radical (unpaired) electrons. The summed E-state index contributed by atoms with van der Waals surface area (Å²) in [6, 6.07) is 7.88. The SMILES string of the molecule is O=C(O)C(=O)NCc1cccc(N2CCCCC2)c1. The molecule has 0 aromatic heterocycles. The maximum Gasteiger partial charge on any atom is 0.394 e. The van der Waals surface area contributed by atoms with Crippen LogP contribution in [-0.2, 0) is 16.1 Å². The van der Waals surface area contributed by atoms with Crippen molar-refractivity contribution in [2.24, 2.45) is 0 Å². The summed E-state index contributed by atoms with van der Waals surface area (Å²) < 4.78 is 0. The standard InChI is InChI=1S/C14H18N2O3/c17-13(14(18)19)15-10-11-5-4-6-12(9-11)16-7-2-1-3-8-16/h4-6,9H,1-3,7-8,10H2,(H,15,17)(H,18,19). The minimum atomic E-state index is -1.45. The maximum atomic E-state index is 11.0. The van der Waals surface area contributed by atoms with Gasteiger partial charge in [-0.25, -0.2) is 4.79 Å². The molecule has 0 spiro atoms. The van der Waals surface area contributed by atoms with E-state index in [1.165, 1.54) is 19.3 Å². The molecule has 2 N–H and O–H groups in total. The van der Waals surface area contributed by atoms with E-state index >= 15 is 0 Å². The lowest BCUT2D eigenvalue weighted by atomic mass is 10.1. The number of carbonyl (C=O) groups is 2. The Morgan fingerprint density at radius 3 is 2.63 bits per heavy atom. The summed E-state index contributed by atoms with van der Waals surface area (Å²) in [7, 11) is 0. The molecule has 1 aromatic rings. The van der Waals surface area contributed by atoms with Crippen LogP contribution in [0.15, 0.2) is 24.3 Å². The molecule has 1 heterocycles. The van der Waals surface area contributed by atoms with Crippen LogP contribution in [0.25, 0.3) is 0 Å². The van der Waals surface area contributed by atoms with E-state index in [0.717, 1.165) is 24.3 Å². The molecule has 0 aliphatic carbocycles. The molecule has 1 fully saturated rings. The minimum Gasteiger partial charge on any atom is -0.474 e. The topological polar surface area (TPSA) is 69.6 Å². The predicted molar refractivity (Wildman–Crippen MR) is 72.0 cm³/mol. The number of piperidine rings is 1. The Bertz CT molecular complexity index is 468. The summed E-state index contributed by atoms with van der Waals surface area (Å²) in [5, 5.41) is 10.9. The van der Waals surface area contributed by atoms with Crippen LogP contribution in [-0.4, -0.2) is 30.1 Å². The quantitative estimate of drug-likeness (QED) is 0.807. The van der Waals surface area contributed by atoms with Crippen molar-refractivity contribution < 1.29 is 14.7 Å². The Labute approximate surface area is 112 Å². The molecular weight excluding hydrogens is 244 g/mol. The third-order valence-corrected chi connectivity index (χ3v) is 3.28. The average Bonchev–Trinajstić information content (AvgIpc) is 2.46. The first-order valence-electron chi connectivity index (χ1n) is 6.52. The van der Waals surface area contributed by atoms with E-state index in [9.17, 15) is 9.59 Å². The molecule has 1 aliphatic rings. The number of aliphatic carboxylic acids is 1. The lowest BCUT2D eigenvalue weighted by Gasteiger charge is -2.29. The van der Waals surface area contributed by atoms with Crippen LogP contribution in [0.5, 0.6) is 0 Å². The van der Waals surface area contributed by atoms with E-state index in [0.29, 0.717) is 0 Å². The van der Waals surface area contributed by atoms with Crippen molar-refractivity contribution in [1.29, 1.82) is 0 Å². The number of carbonyl (C=O) groups excluding carboxylic acids is 1. The van der Waals surface area contributed by atoms with Gasteiger partial charge in [0.2, 0.25) is 0 Å². The largest absolute Gasteiger partial charge is 0.474 e. The van der Waals surface area contributed by atoms with Crippen LogP contribution in [0.4, 0.5) is 5.69 Å². The zero-order valence-corrected chi connectivity index (χ0v) is 10.8. The van der Waals surface area contributed by atoms with Gasteiger partial charge in [-0.3, -0.25) is 4.79 Å². The molecular formula is C14H18N2O3. The highest BCUT2D eigenvalue weighted by Crippen LogP contribution is 2.20. The van der Waals surface area contributed by atoms with E-state index in [1.807, 2.05) is 24.3 Å². The number of benzene rings is 1. The van der Waals surface area contributed by atoms with E-state index in [-0.39, 0.29) is 6.54 Å². The smallest absolute Gasteiger partial charge is 0.394 e. The number of nitrogens with zero attached hydrogens (tertiary/aromatic N) is 1. The molecule has 0 unspecified atom stereocenters. The third kappa shape index (κ3) is 3.71. The zero-order chi connectivity index (χ0) is 13.7. The fraction of sp³-hybridized carbons (Fsp3) is 0.429. The number of carboxylic acids is 1. The second-order valence-electron chi connectivity index (χ2n) is 4.71. The Morgan fingerprint density at radius 1 is 1.21 bits per heavy atom. The lowest BCUT2D eigenvalue weighted by Crippen LogP contribution is -2.31. The Kier molecular flexibility index (Phi) is 4.39. The molecule has 102 valence electrons. The molecule has 2 rings (SSSR count). The number of anilines is 1. The highest BCUT2D eigenvalue weighted by Gasteiger charge is 2.12. The van der Waals surface area contributed by atoms with Crippen molar-refractivity contribution in [3.05, 3.63) is 29.8 Å². The Morgan fingerprint density at radius 2 is 1.95 bits per heavy atom. The average molecular weight is 262 g/mol. The lowest BCUT2D eigenvalue weighted by molar-refractivity contribution is -0.150. The fourth-order valence-electron chi connectivity index (χ4n) is 2.27. The van der Waals surface area contributed by atoms with Crippen molar-refractivity contribution in [2.75, 3.05) is 18.0 Å². The minimum absolute atomic E-state index is 0.243. The summed E-state index contributed by atoms with van der Waals surface area (Å²) >= 11 is 0. The van der Waals surface area contributed by atoms with Gasteiger partial charge in [-0.15, -0.1) is 0 Å². The number of carboxylic acid groups (broad SMARTS) is 1. The van der Waals surface area contributed by atoms with Gasteiger partial charge < -0.3 is 15.3 Å². The second kappa shape index (κ2) is 6.22. The molecule has 1 saturated heterocycles. The van der Waals surface area contributed by atoms with Gasteiger partial charge in [-0.05, 0) is 37.0 Å². The molecule has 19 heavy (non-hydrogen) atoms. The fourth-order valence-corrected chi connectivity index (χ4v) is 2.27. The van der Waals surface area contributed by atoms with Gasteiger partial charge in [0.1, 0.15) is 0 Å². The Balaban J connectivity index is 1.98. The van der Waals surface area contributed by atoms with Gasteiger partial charge in [-0.2, -0.15) is 0 Å². The summed E-state index contributed by atoms with van der Waals surface area (Å²) in [5.74, 6) is -2.42. The van der Waals surface area contributed by atoms with Crippen LogP contribution in [0.3, 0.4) is 0 Å². The van der Waals surface area contributed by atoms with Crippen LogP contribution in [0.2, 0.25) is 0 Å². The highest BCUT2D eigenvalue weighted by atomic mass is 16.4. The van der Waals surface area contributed by atoms with Crippen LogP contribution >= 0.6 is 0 Å². The highest BCUT2D eigenvalue weighted by molar-refractivity contribution is 6.31. The van der Waals surface area contributed by atoms with Gasteiger partial charge in [0.15, 0.2) is 0 Å². The monoisotopic (exact) mass is 262 g/mol. The van der Waals surface area contributed by atoms with E-state index < -0.39 is 11.9 Å². The van der Waals surface area contributed by atoms with Crippen LogP contribution in [0, 0.1) is 0 Å². The Hall–Kier alpha value is -2.04. The van der Waals surface area contributed by atoms with Crippen molar-refractivity contribution in [1.82, 2.24) is 5.32 Å². The molecule has 0 saturated carbocycles. The van der Waals surface area contributed by atoms with E-state index in [2.05, 4.69) is 10.2 Å².